The standard InChI is InChI=1S/C26H29BrO5/c1-31-26(30)18(9-3-2-4-10-19(28)16-27)15-25(29)32-17-24-22-13-7-5-11-20(22)21-12-6-8-14-23(21)24/h5-8,11-14,18,24H,2-4,9-10,15-17H2,1H3/t18-/m1/s1. The molecule has 0 saturated heterocycles. The fourth-order valence-corrected chi connectivity index (χ4v) is 4.58. The molecule has 0 spiro atoms. The fraction of sp³-hybridized carbons (Fsp3) is 0.423. The molecule has 0 aromatic heterocycles. The summed E-state index contributed by atoms with van der Waals surface area (Å²) < 4.78 is 10.5. The molecular weight excluding hydrogens is 472 g/mol. The molecule has 0 unspecified atom stereocenters. The van der Waals surface area contributed by atoms with Crippen molar-refractivity contribution in [3.05, 3.63) is 59.7 Å². The van der Waals surface area contributed by atoms with E-state index in [2.05, 4.69) is 40.2 Å². The summed E-state index contributed by atoms with van der Waals surface area (Å²) in [5, 5.41) is 0.375. The van der Waals surface area contributed by atoms with E-state index in [1.54, 1.807) is 0 Å². The van der Waals surface area contributed by atoms with Crippen molar-refractivity contribution in [2.24, 2.45) is 5.92 Å². The second kappa shape index (κ2) is 12.0. The van der Waals surface area contributed by atoms with Gasteiger partial charge in [0.05, 0.1) is 24.8 Å². The highest BCUT2D eigenvalue weighted by molar-refractivity contribution is 9.09. The normalized spacial score (nSPS) is 13.2. The molecule has 1 atom stereocenters. The van der Waals surface area contributed by atoms with Crippen molar-refractivity contribution in [1.29, 1.82) is 0 Å². The first-order valence-corrected chi connectivity index (χ1v) is 12.2. The molecule has 0 fully saturated rings. The Morgan fingerprint density at radius 3 is 2.16 bits per heavy atom. The topological polar surface area (TPSA) is 69.7 Å². The van der Waals surface area contributed by atoms with E-state index >= 15 is 0 Å². The number of fused-ring (bicyclic) bond motifs is 3. The smallest absolute Gasteiger partial charge is 0.309 e. The fourth-order valence-electron chi connectivity index (χ4n) is 4.30. The quantitative estimate of drug-likeness (QED) is 0.220. The van der Waals surface area contributed by atoms with Gasteiger partial charge in [0.2, 0.25) is 0 Å². The van der Waals surface area contributed by atoms with Crippen molar-refractivity contribution >= 4 is 33.7 Å². The van der Waals surface area contributed by atoms with Crippen LogP contribution in [0.1, 0.15) is 55.6 Å². The molecule has 0 N–H and O–H groups in total. The van der Waals surface area contributed by atoms with Gasteiger partial charge in [-0.05, 0) is 35.1 Å². The van der Waals surface area contributed by atoms with E-state index in [1.807, 2.05) is 24.3 Å². The largest absolute Gasteiger partial charge is 0.469 e. The zero-order chi connectivity index (χ0) is 22.9. The van der Waals surface area contributed by atoms with Crippen molar-refractivity contribution < 1.29 is 23.9 Å². The Hall–Kier alpha value is -2.47. The van der Waals surface area contributed by atoms with Crippen molar-refractivity contribution in [1.82, 2.24) is 0 Å². The lowest BCUT2D eigenvalue weighted by Gasteiger charge is -2.17. The third-order valence-corrected chi connectivity index (χ3v) is 6.60. The van der Waals surface area contributed by atoms with Crippen LogP contribution in [0, 0.1) is 5.92 Å². The van der Waals surface area contributed by atoms with E-state index in [0.717, 1.165) is 30.4 Å². The number of Topliss-reactive ketones (excluding diaryl/α,β-unsaturated/α-hetero) is 1. The molecule has 2 aromatic rings. The monoisotopic (exact) mass is 500 g/mol. The van der Waals surface area contributed by atoms with Crippen LogP contribution in [0.25, 0.3) is 11.1 Å². The highest BCUT2D eigenvalue weighted by Gasteiger charge is 2.30. The number of halogens is 1. The van der Waals surface area contributed by atoms with Gasteiger partial charge in [-0.15, -0.1) is 0 Å². The van der Waals surface area contributed by atoms with E-state index in [1.165, 1.54) is 18.2 Å². The molecule has 0 saturated carbocycles. The lowest BCUT2D eigenvalue weighted by Crippen LogP contribution is -2.22. The van der Waals surface area contributed by atoms with E-state index in [-0.39, 0.29) is 24.7 Å². The summed E-state index contributed by atoms with van der Waals surface area (Å²) in [5.74, 6) is -1.14. The Morgan fingerprint density at radius 1 is 0.938 bits per heavy atom. The minimum atomic E-state index is -0.525. The van der Waals surface area contributed by atoms with Crippen LogP contribution >= 0.6 is 15.9 Å². The summed E-state index contributed by atoms with van der Waals surface area (Å²) in [6.45, 7) is 0.245. The number of carbonyl (C=O) groups is 3. The summed E-state index contributed by atoms with van der Waals surface area (Å²) in [4.78, 5) is 36.1. The molecule has 32 heavy (non-hydrogen) atoms. The van der Waals surface area contributed by atoms with Gasteiger partial charge in [-0.1, -0.05) is 77.3 Å². The van der Waals surface area contributed by atoms with E-state index in [9.17, 15) is 14.4 Å². The van der Waals surface area contributed by atoms with Crippen LogP contribution in [0.3, 0.4) is 0 Å². The van der Waals surface area contributed by atoms with Crippen molar-refractivity contribution in [2.75, 3.05) is 19.0 Å². The molecule has 6 heteroatoms. The van der Waals surface area contributed by atoms with Crippen molar-refractivity contribution in [3.63, 3.8) is 0 Å². The summed E-state index contributed by atoms with van der Waals surface area (Å²) >= 11 is 3.16. The Balaban J connectivity index is 1.54. The average Bonchev–Trinajstić information content (AvgIpc) is 3.14. The van der Waals surface area contributed by atoms with E-state index in [4.69, 9.17) is 9.47 Å². The number of carbonyl (C=O) groups excluding carboxylic acids is 3. The summed E-state index contributed by atoms with van der Waals surface area (Å²) in [7, 11) is 1.34. The highest BCUT2D eigenvalue weighted by Crippen LogP contribution is 2.44. The summed E-state index contributed by atoms with van der Waals surface area (Å²) in [6, 6.07) is 16.4. The number of methoxy groups -OCH3 is 1. The predicted molar refractivity (Wildman–Crippen MR) is 127 cm³/mol. The Kier molecular flexibility index (Phi) is 9.03. The predicted octanol–water partition coefficient (Wildman–Crippen LogP) is 5.44. The number of esters is 2. The first kappa shape index (κ1) is 24.2. The second-order valence-electron chi connectivity index (χ2n) is 8.11. The molecule has 170 valence electrons. The highest BCUT2D eigenvalue weighted by atomic mass is 79.9. The minimum Gasteiger partial charge on any atom is -0.469 e. The zero-order valence-corrected chi connectivity index (χ0v) is 19.9. The number of benzene rings is 2. The van der Waals surface area contributed by atoms with Crippen LogP contribution in [0.5, 0.6) is 0 Å². The summed E-state index contributed by atoms with van der Waals surface area (Å²) in [6.07, 6.45) is 3.44. The molecule has 0 amide bonds. The van der Waals surface area contributed by atoms with Gasteiger partial charge < -0.3 is 9.47 Å². The maximum atomic E-state index is 12.6. The maximum absolute atomic E-state index is 12.6. The van der Waals surface area contributed by atoms with Gasteiger partial charge in [-0.3, -0.25) is 14.4 Å². The van der Waals surface area contributed by atoms with E-state index < -0.39 is 17.9 Å². The van der Waals surface area contributed by atoms with Crippen molar-refractivity contribution in [2.45, 2.75) is 44.4 Å². The molecule has 3 rings (SSSR count). The van der Waals surface area contributed by atoms with Crippen LogP contribution in [0.15, 0.2) is 48.5 Å². The maximum Gasteiger partial charge on any atom is 0.309 e. The van der Waals surface area contributed by atoms with Gasteiger partial charge in [0.15, 0.2) is 0 Å². The van der Waals surface area contributed by atoms with Crippen LogP contribution in [-0.2, 0) is 23.9 Å². The average molecular weight is 501 g/mol. The molecular formula is C26H29BrO5. The van der Waals surface area contributed by atoms with Gasteiger partial charge in [0.25, 0.3) is 0 Å². The molecule has 0 bridgehead atoms. The third-order valence-electron chi connectivity index (χ3n) is 5.98. The summed E-state index contributed by atoms with van der Waals surface area (Å²) in [5.41, 5.74) is 4.66. The number of ether oxygens (including phenoxy) is 2. The lowest BCUT2D eigenvalue weighted by atomic mass is 9.96. The van der Waals surface area contributed by atoms with Crippen LogP contribution < -0.4 is 0 Å². The number of ketones is 1. The molecule has 2 aromatic carbocycles. The minimum absolute atomic E-state index is 0.00299. The first-order valence-electron chi connectivity index (χ1n) is 11.0. The number of hydrogen-bond acceptors (Lipinski definition) is 5. The van der Waals surface area contributed by atoms with Gasteiger partial charge in [-0.2, -0.15) is 0 Å². The number of unbranched alkanes of at least 4 members (excludes halogenated alkanes) is 2. The van der Waals surface area contributed by atoms with Crippen LogP contribution in [-0.4, -0.2) is 36.8 Å². The van der Waals surface area contributed by atoms with E-state index in [0.29, 0.717) is 18.2 Å². The molecule has 5 nitrogen and oxygen atoms in total. The van der Waals surface area contributed by atoms with Crippen LogP contribution in [0.4, 0.5) is 0 Å². The lowest BCUT2D eigenvalue weighted by molar-refractivity contribution is -0.153. The molecule has 0 radical (unpaired) electrons. The Labute approximate surface area is 197 Å². The van der Waals surface area contributed by atoms with Gasteiger partial charge >= 0.3 is 11.9 Å². The SMILES string of the molecule is COC(=O)[C@H](CCCCCC(=O)CBr)CC(=O)OCC1c2ccccc2-c2ccccc21. The van der Waals surface area contributed by atoms with Gasteiger partial charge in [0, 0.05) is 12.3 Å². The van der Waals surface area contributed by atoms with Gasteiger partial charge in [-0.25, -0.2) is 0 Å². The number of rotatable bonds is 12. The Morgan fingerprint density at radius 2 is 1.56 bits per heavy atom. The Bertz CT molecular complexity index is 909. The molecule has 0 heterocycles. The number of hydrogen-bond donors (Lipinski definition) is 0. The van der Waals surface area contributed by atoms with Crippen LogP contribution in [0.2, 0.25) is 0 Å². The molecule has 1 aliphatic rings. The third kappa shape index (κ3) is 6.06. The zero-order valence-electron chi connectivity index (χ0n) is 18.3. The number of alkyl halides is 1. The second-order valence-corrected chi connectivity index (χ2v) is 8.67. The first-order chi connectivity index (χ1) is 15.5. The van der Waals surface area contributed by atoms with Gasteiger partial charge in [0.1, 0.15) is 12.4 Å². The molecule has 0 aliphatic heterocycles. The molecule has 1 aliphatic carbocycles. The van der Waals surface area contributed by atoms with Crippen molar-refractivity contribution in [3.8, 4) is 11.1 Å².